The molecule has 0 aromatic heterocycles. The van der Waals surface area contributed by atoms with E-state index in [9.17, 15) is 4.79 Å². The van der Waals surface area contributed by atoms with Crippen molar-refractivity contribution >= 4 is 41.1 Å². The van der Waals surface area contributed by atoms with Gasteiger partial charge in [-0.25, -0.2) is 9.79 Å². The lowest BCUT2D eigenvalue weighted by molar-refractivity contribution is -0.129. The van der Waals surface area contributed by atoms with E-state index in [2.05, 4.69) is 4.99 Å². The molecular formula is C17H11Cl2NO2. The molecule has 0 amide bonds. The summed E-state index contributed by atoms with van der Waals surface area (Å²) in [5.41, 5.74) is 2.85. The first kappa shape index (κ1) is 14.8. The second-order valence-corrected chi connectivity index (χ2v) is 5.64. The van der Waals surface area contributed by atoms with Gasteiger partial charge in [0, 0.05) is 5.56 Å². The molecule has 0 N–H and O–H groups in total. The van der Waals surface area contributed by atoms with Crippen LogP contribution in [-0.2, 0) is 9.53 Å². The van der Waals surface area contributed by atoms with Crippen LogP contribution in [0, 0.1) is 6.92 Å². The average Bonchev–Trinajstić information content (AvgIpc) is 2.85. The van der Waals surface area contributed by atoms with Crippen molar-refractivity contribution in [1.82, 2.24) is 0 Å². The van der Waals surface area contributed by atoms with E-state index < -0.39 is 5.97 Å². The molecule has 0 fully saturated rings. The largest absolute Gasteiger partial charge is 0.402 e. The number of cyclic esters (lactones) is 1. The highest BCUT2D eigenvalue weighted by molar-refractivity contribution is 6.42. The molecule has 1 aliphatic rings. The molecule has 0 radical (unpaired) electrons. The number of benzene rings is 2. The molecule has 110 valence electrons. The number of aliphatic imine (C=N–C) groups is 1. The Labute approximate surface area is 137 Å². The van der Waals surface area contributed by atoms with Gasteiger partial charge >= 0.3 is 5.97 Å². The van der Waals surface area contributed by atoms with Crippen LogP contribution in [0.25, 0.3) is 6.08 Å². The van der Waals surface area contributed by atoms with Gasteiger partial charge in [0.15, 0.2) is 5.70 Å². The minimum atomic E-state index is -0.482. The number of hydrogen-bond acceptors (Lipinski definition) is 3. The number of esters is 1. The third-order valence-corrected chi connectivity index (χ3v) is 4.01. The zero-order valence-electron chi connectivity index (χ0n) is 11.6. The number of nitrogens with zero attached hydrogens (tertiary/aromatic N) is 1. The normalized spacial score (nSPS) is 15.9. The summed E-state index contributed by atoms with van der Waals surface area (Å²) in [4.78, 5) is 16.2. The number of rotatable bonds is 2. The van der Waals surface area contributed by atoms with Crippen LogP contribution in [0.15, 0.2) is 53.2 Å². The van der Waals surface area contributed by atoms with Crippen molar-refractivity contribution in [3.8, 4) is 0 Å². The van der Waals surface area contributed by atoms with Gasteiger partial charge in [0.25, 0.3) is 0 Å². The van der Waals surface area contributed by atoms with Gasteiger partial charge in [0.05, 0.1) is 10.0 Å². The Hall–Kier alpha value is -2.10. The molecule has 5 heteroatoms. The Bertz CT molecular complexity index is 825. The van der Waals surface area contributed by atoms with Gasteiger partial charge in [-0.3, -0.25) is 0 Å². The summed E-state index contributed by atoms with van der Waals surface area (Å²) in [5, 5.41) is 0.820. The average molecular weight is 332 g/mol. The topological polar surface area (TPSA) is 38.7 Å². The Morgan fingerprint density at radius 1 is 1.09 bits per heavy atom. The summed E-state index contributed by atoms with van der Waals surface area (Å²) in [5.74, 6) is -0.257. The predicted molar refractivity (Wildman–Crippen MR) is 88.2 cm³/mol. The lowest BCUT2D eigenvalue weighted by Gasteiger charge is -2.01. The molecule has 3 nitrogen and oxygen atoms in total. The molecule has 3 rings (SSSR count). The van der Waals surface area contributed by atoms with E-state index in [0.29, 0.717) is 15.6 Å². The smallest absolute Gasteiger partial charge is 0.363 e. The summed E-state index contributed by atoms with van der Waals surface area (Å²) in [7, 11) is 0. The van der Waals surface area contributed by atoms with Crippen molar-refractivity contribution < 1.29 is 9.53 Å². The number of carbonyl (C=O) groups excluding carboxylic acids is 1. The third-order valence-electron chi connectivity index (χ3n) is 3.27. The molecule has 0 saturated heterocycles. The van der Waals surface area contributed by atoms with Crippen molar-refractivity contribution in [3.05, 3.63) is 74.9 Å². The highest BCUT2D eigenvalue weighted by Crippen LogP contribution is 2.26. The molecule has 0 spiro atoms. The van der Waals surface area contributed by atoms with Crippen LogP contribution in [0.4, 0.5) is 0 Å². The minimum absolute atomic E-state index is 0.225. The van der Waals surface area contributed by atoms with Gasteiger partial charge in [-0.1, -0.05) is 47.5 Å². The first-order chi connectivity index (χ1) is 10.5. The Morgan fingerprint density at radius 2 is 1.86 bits per heavy atom. The quantitative estimate of drug-likeness (QED) is 0.593. The van der Waals surface area contributed by atoms with E-state index in [1.165, 1.54) is 0 Å². The fourth-order valence-corrected chi connectivity index (χ4v) is 2.36. The summed E-state index contributed by atoms with van der Waals surface area (Å²) >= 11 is 11.9. The summed E-state index contributed by atoms with van der Waals surface area (Å²) in [6.07, 6.45) is 1.71. The lowest BCUT2D eigenvalue weighted by atomic mass is 10.1. The van der Waals surface area contributed by atoms with E-state index >= 15 is 0 Å². The first-order valence-electron chi connectivity index (χ1n) is 6.58. The van der Waals surface area contributed by atoms with Gasteiger partial charge in [-0.2, -0.15) is 0 Å². The van der Waals surface area contributed by atoms with E-state index in [1.807, 2.05) is 31.2 Å². The Morgan fingerprint density at radius 3 is 2.59 bits per heavy atom. The van der Waals surface area contributed by atoms with E-state index in [0.717, 1.165) is 11.1 Å². The van der Waals surface area contributed by atoms with Gasteiger partial charge in [-0.15, -0.1) is 0 Å². The zero-order valence-corrected chi connectivity index (χ0v) is 13.2. The summed E-state index contributed by atoms with van der Waals surface area (Å²) in [6, 6.07) is 12.7. The van der Waals surface area contributed by atoms with E-state index in [1.54, 1.807) is 24.3 Å². The van der Waals surface area contributed by atoms with Crippen LogP contribution in [0.5, 0.6) is 0 Å². The van der Waals surface area contributed by atoms with Crippen molar-refractivity contribution in [2.75, 3.05) is 0 Å². The molecule has 0 aliphatic carbocycles. The molecule has 0 bridgehead atoms. The van der Waals surface area contributed by atoms with E-state index in [-0.39, 0.29) is 11.6 Å². The van der Waals surface area contributed by atoms with Crippen molar-refractivity contribution in [2.24, 2.45) is 4.99 Å². The second kappa shape index (κ2) is 5.95. The summed E-state index contributed by atoms with van der Waals surface area (Å²) in [6.45, 7) is 1.97. The lowest BCUT2D eigenvalue weighted by Crippen LogP contribution is -2.05. The fourth-order valence-electron chi connectivity index (χ4n) is 2.06. The van der Waals surface area contributed by atoms with E-state index in [4.69, 9.17) is 27.9 Å². The van der Waals surface area contributed by atoms with Crippen LogP contribution in [-0.4, -0.2) is 11.9 Å². The van der Waals surface area contributed by atoms with Crippen LogP contribution < -0.4 is 0 Å². The Kier molecular flexibility index (Phi) is 4.01. The molecule has 0 atom stereocenters. The maximum absolute atomic E-state index is 12.0. The number of aryl methyl sites for hydroxylation is 1. The number of hydrogen-bond donors (Lipinski definition) is 0. The maximum Gasteiger partial charge on any atom is 0.363 e. The minimum Gasteiger partial charge on any atom is -0.402 e. The number of ether oxygens (including phenoxy) is 1. The molecule has 2 aromatic carbocycles. The van der Waals surface area contributed by atoms with Crippen LogP contribution in [0.1, 0.15) is 16.7 Å². The number of carbonyl (C=O) groups is 1. The van der Waals surface area contributed by atoms with Gasteiger partial charge in [-0.05, 0) is 42.3 Å². The van der Waals surface area contributed by atoms with Crippen molar-refractivity contribution in [1.29, 1.82) is 0 Å². The molecular weight excluding hydrogens is 321 g/mol. The van der Waals surface area contributed by atoms with Crippen LogP contribution >= 0.6 is 23.2 Å². The SMILES string of the molecule is Cc1ccccc1/C=C1\N=C(c2ccc(Cl)c(Cl)c2)OC1=O. The molecule has 1 aliphatic heterocycles. The molecule has 2 aromatic rings. The van der Waals surface area contributed by atoms with Crippen LogP contribution in [0.2, 0.25) is 10.0 Å². The monoisotopic (exact) mass is 331 g/mol. The Balaban J connectivity index is 1.98. The molecule has 0 unspecified atom stereocenters. The fraction of sp³-hybridized carbons (Fsp3) is 0.0588. The molecule has 1 heterocycles. The van der Waals surface area contributed by atoms with Gasteiger partial charge < -0.3 is 4.74 Å². The maximum atomic E-state index is 12.0. The highest BCUT2D eigenvalue weighted by atomic mass is 35.5. The third kappa shape index (κ3) is 2.91. The highest BCUT2D eigenvalue weighted by Gasteiger charge is 2.24. The summed E-state index contributed by atoms with van der Waals surface area (Å²) < 4.78 is 5.21. The van der Waals surface area contributed by atoms with Gasteiger partial charge in [0.1, 0.15) is 0 Å². The van der Waals surface area contributed by atoms with Crippen LogP contribution in [0.3, 0.4) is 0 Å². The molecule has 22 heavy (non-hydrogen) atoms. The van der Waals surface area contributed by atoms with Crippen molar-refractivity contribution in [2.45, 2.75) is 6.92 Å². The standard InChI is InChI=1S/C17H11Cl2NO2/c1-10-4-2-3-5-11(10)9-15-17(21)22-16(20-15)12-6-7-13(18)14(19)8-12/h2-9H,1H3/b15-9-. The number of halogens is 2. The first-order valence-corrected chi connectivity index (χ1v) is 7.34. The molecule has 0 saturated carbocycles. The second-order valence-electron chi connectivity index (χ2n) is 4.82. The predicted octanol–water partition coefficient (Wildman–Crippen LogP) is 4.65. The zero-order chi connectivity index (χ0) is 15.7. The van der Waals surface area contributed by atoms with Crippen molar-refractivity contribution in [3.63, 3.8) is 0 Å². The van der Waals surface area contributed by atoms with Gasteiger partial charge in [0.2, 0.25) is 5.90 Å².